The molecule has 0 aliphatic heterocycles. The van der Waals surface area contributed by atoms with Gasteiger partial charge in [-0.2, -0.15) is 13.2 Å². The van der Waals surface area contributed by atoms with Crippen LogP contribution in [-0.4, -0.2) is 12.0 Å². The highest BCUT2D eigenvalue weighted by Crippen LogP contribution is 2.31. The first-order valence-electron chi connectivity index (χ1n) is 4.45. The quantitative estimate of drug-likeness (QED) is 0.627. The molecule has 1 atom stereocenters. The lowest BCUT2D eigenvalue weighted by Gasteiger charge is -2.10. The molecule has 0 radical (unpaired) electrons. The Labute approximate surface area is 90.0 Å². The fraction of sp³-hybridized carbons (Fsp3) is 0.300. The van der Waals surface area contributed by atoms with E-state index < -0.39 is 23.8 Å². The Morgan fingerprint density at radius 2 is 2.06 bits per heavy atom. The summed E-state index contributed by atoms with van der Waals surface area (Å²) in [6, 6.07) is 3.18. The van der Waals surface area contributed by atoms with Crippen LogP contribution in [-0.2, 0) is 11.0 Å². The van der Waals surface area contributed by atoms with Gasteiger partial charge >= 0.3 is 12.1 Å². The molecular weight excluding hydrogens is 223 g/mol. The molecule has 88 valence electrons. The van der Waals surface area contributed by atoms with E-state index in [2.05, 4.69) is 4.74 Å². The smallest absolute Gasteiger partial charge is 0.416 e. The summed E-state index contributed by atoms with van der Waals surface area (Å²) in [5, 5.41) is 0. The molecule has 1 aromatic rings. The van der Waals surface area contributed by atoms with Crippen LogP contribution in [0.2, 0.25) is 0 Å². The predicted octanol–water partition coefficient (Wildman–Crippen LogP) is 1.96. The third-order valence-electron chi connectivity index (χ3n) is 1.75. The molecule has 0 amide bonds. The predicted molar refractivity (Wildman–Crippen MR) is 50.7 cm³/mol. The fourth-order valence-electron chi connectivity index (χ4n) is 0.945. The van der Waals surface area contributed by atoms with Crippen molar-refractivity contribution in [3.05, 3.63) is 29.8 Å². The number of nitrogens with two attached hydrogens (primary N) is 1. The largest absolute Gasteiger partial charge is 0.425 e. The molecule has 0 bridgehead atoms. The van der Waals surface area contributed by atoms with Crippen LogP contribution in [0.1, 0.15) is 12.5 Å². The van der Waals surface area contributed by atoms with E-state index in [-0.39, 0.29) is 5.75 Å². The first-order chi connectivity index (χ1) is 7.30. The molecule has 3 nitrogen and oxygen atoms in total. The van der Waals surface area contributed by atoms with Crippen molar-refractivity contribution in [2.24, 2.45) is 5.73 Å². The lowest BCUT2D eigenvalue weighted by molar-refractivity contribution is -0.139. The summed E-state index contributed by atoms with van der Waals surface area (Å²) in [7, 11) is 0. The van der Waals surface area contributed by atoms with Crippen LogP contribution in [0.25, 0.3) is 0 Å². The number of esters is 1. The van der Waals surface area contributed by atoms with Gasteiger partial charge in [-0.1, -0.05) is 6.07 Å². The first-order valence-corrected chi connectivity index (χ1v) is 4.45. The topological polar surface area (TPSA) is 52.3 Å². The van der Waals surface area contributed by atoms with Gasteiger partial charge in [-0.3, -0.25) is 0 Å². The molecule has 0 aliphatic carbocycles. The van der Waals surface area contributed by atoms with Crippen molar-refractivity contribution in [1.82, 2.24) is 0 Å². The third kappa shape index (κ3) is 3.23. The second-order valence-electron chi connectivity index (χ2n) is 3.24. The molecule has 2 N–H and O–H groups in total. The summed E-state index contributed by atoms with van der Waals surface area (Å²) in [4.78, 5) is 11.0. The fourth-order valence-corrected chi connectivity index (χ4v) is 0.945. The number of rotatable bonds is 2. The van der Waals surface area contributed by atoms with Gasteiger partial charge < -0.3 is 10.5 Å². The zero-order chi connectivity index (χ0) is 12.3. The van der Waals surface area contributed by atoms with Gasteiger partial charge in [-0.15, -0.1) is 0 Å². The minimum atomic E-state index is -4.46. The van der Waals surface area contributed by atoms with Crippen molar-refractivity contribution in [2.75, 3.05) is 0 Å². The van der Waals surface area contributed by atoms with Gasteiger partial charge in [0.15, 0.2) is 0 Å². The lowest BCUT2D eigenvalue weighted by atomic mass is 10.2. The Balaban J connectivity index is 2.88. The molecule has 0 heterocycles. The maximum absolute atomic E-state index is 12.3. The molecule has 0 aliphatic rings. The monoisotopic (exact) mass is 233 g/mol. The Morgan fingerprint density at radius 3 is 2.56 bits per heavy atom. The number of hydrogen-bond acceptors (Lipinski definition) is 3. The van der Waals surface area contributed by atoms with Crippen LogP contribution in [0.4, 0.5) is 13.2 Å². The van der Waals surface area contributed by atoms with Crippen LogP contribution in [0.3, 0.4) is 0 Å². The van der Waals surface area contributed by atoms with E-state index in [0.717, 1.165) is 18.2 Å². The Kier molecular flexibility index (Phi) is 3.54. The standard InChI is InChI=1S/C10H10F3NO2/c1-6(14)9(15)16-8-4-2-3-7(5-8)10(11,12)13/h2-6H,14H2,1H3/t6-/m0/s1. The van der Waals surface area contributed by atoms with Crippen LogP contribution < -0.4 is 10.5 Å². The maximum Gasteiger partial charge on any atom is 0.416 e. The van der Waals surface area contributed by atoms with E-state index in [1.165, 1.54) is 13.0 Å². The minimum Gasteiger partial charge on any atom is -0.425 e. The zero-order valence-corrected chi connectivity index (χ0v) is 8.41. The Bertz CT molecular complexity index is 388. The number of carbonyl (C=O) groups is 1. The van der Waals surface area contributed by atoms with E-state index in [0.29, 0.717) is 0 Å². The molecule has 1 aromatic carbocycles. The Morgan fingerprint density at radius 1 is 1.44 bits per heavy atom. The number of halogens is 3. The summed E-state index contributed by atoms with van der Waals surface area (Å²) >= 11 is 0. The van der Waals surface area contributed by atoms with Crippen molar-refractivity contribution >= 4 is 5.97 Å². The van der Waals surface area contributed by atoms with Gasteiger partial charge in [-0.05, 0) is 25.1 Å². The minimum absolute atomic E-state index is 0.169. The molecule has 0 unspecified atom stereocenters. The highest BCUT2D eigenvalue weighted by Gasteiger charge is 2.30. The summed E-state index contributed by atoms with van der Waals surface area (Å²) in [6.07, 6.45) is -4.46. The van der Waals surface area contributed by atoms with Crippen LogP contribution in [0.5, 0.6) is 5.75 Å². The second kappa shape index (κ2) is 4.52. The summed E-state index contributed by atoms with van der Waals surface area (Å²) < 4.78 is 41.5. The van der Waals surface area contributed by atoms with Crippen molar-refractivity contribution < 1.29 is 22.7 Å². The zero-order valence-electron chi connectivity index (χ0n) is 8.41. The number of ether oxygens (including phenoxy) is 1. The van der Waals surface area contributed by atoms with Gasteiger partial charge in [0.05, 0.1) is 5.56 Å². The van der Waals surface area contributed by atoms with Crippen LogP contribution >= 0.6 is 0 Å². The lowest BCUT2D eigenvalue weighted by Crippen LogP contribution is -2.30. The molecule has 16 heavy (non-hydrogen) atoms. The normalized spacial score (nSPS) is 13.3. The summed E-state index contributed by atoms with van der Waals surface area (Å²) in [5.74, 6) is -0.948. The van der Waals surface area contributed by atoms with Gasteiger partial charge in [0.2, 0.25) is 0 Å². The molecule has 1 rings (SSSR count). The molecule has 0 spiro atoms. The van der Waals surface area contributed by atoms with E-state index in [4.69, 9.17) is 5.73 Å². The second-order valence-corrected chi connectivity index (χ2v) is 3.24. The summed E-state index contributed by atoms with van der Waals surface area (Å²) in [5.41, 5.74) is 4.34. The number of carbonyl (C=O) groups excluding carboxylic acids is 1. The van der Waals surface area contributed by atoms with Crippen molar-refractivity contribution in [3.8, 4) is 5.75 Å². The average molecular weight is 233 g/mol. The van der Waals surface area contributed by atoms with E-state index in [1.54, 1.807) is 0 Å². The van der Waals surface area contributed by atoms with Gasteiger partial charge in [0.25, 0.3) is 0 Å². The van der Waals surface area contributed by atoms with Crippen molar-refractivity contribution in [3.63, 3.8) is 0 Å². The van der Waals surface area contributed by atoms with Crippen molar-refractivity contribution in [1.29, 1.82) is 0 Å². The molecule has 6 heteroatoms. The summed E-state index contributed by atoms with van der Waals surface area (Å²) in [6.45, 7) is 1.38. The Hall–Kier alpha value is -1.56. The van der Waals surface area contributed by atoms with E-state index in [1.807, 2.05) is 0 Å². The third-order valence-corrected chi connectivity index (χ3v) is 1.75. The first kappa shape index (κ1) is 12.5. The number of benzene rings is 1. The maximum atomic E-state index is 12.3. The molecule has 0 saturated carbocycles. The van der Waals surface area contributed by atoms with Gasteiger partial charge in [0, 0.05) is 0 Å². The highest BCUT2D eigenvalue weighted by atomic mass is 19.4. The molecular formula is C10H10F3NO2. The van der Waals surface area contributed by atoms with E-state index in [9.17, 15) is 18.0 Å². The van der Waals surface area contributed by atoms with Crippen LogP contribution in [0.15, 0.2) is 24.3 Å². The number of hydrogen-bond donors (Lipinski definition) is 1. The van der Waals surface area contributed by atoms with Crippen molar-refractivity contribution in [2.45, 2.75) is 19.1 Å². The van der Waals surface area contributed by atoms with Gasteiger partial charge in [0.1, 0.15) is 11.8 Å². The van der Waals surface area contributed by atoms with Crippen LogP contribution in [0, 0.1) is 0 Å². The highest BCUT2D eigenvalue weighted by molar-refractivity contribution is 5.77. The molecule has 0 saturated heterocycles. The SMILES string of the molecule is C[C@H](N)C(=O)Oc1cccc(C(F)(F)F)c1. The molecule has 0 fully saturated rings. The molecule has 0 aromatic heterocycles. The average Bonchev–Trinajstić information content (AvgIpc) is 2.16. The van der Waals surface area contributed by atoms with Gasteiger partial charge in [-0.25, -0.2) is 4.79 Å². The van der Waals surface area contributed by atoms with E-state index >= 15 is 0 Å². The number of alkyl halides is 3.